The van der Waals surface area contributed by atoms with E-state index in [1.165, 1.54) is 238 Å². The van der Waals surface area contributed by atoms with Crippen LogP contribution in [0, 0.1) is 0 Å². The van der Waals surface area contributed by atoms with Crippen molar-refractivity contribution < 1.29 is 28.6 Å². The normalized spacial score (nSPS) is 12.2. The minimum absolute atomic E-state index is 0.0714. The number of hydrogen-bond donors (Lipinski definition) is 0. The van der Waals surface area contributed by atoms with Gasteiger partial charge < -0.3 is 14.2 Å². The molecule has 0 aromatic heterocycles. The van der Waals surface area contributed by atoms with Crippen molar-refractivity contribution in [1.29, 1.82) is 0 Å². The van der Waals surface area contributed by atoms with Gasteiger partial charge in [-0.15, -0.1) is 0 Å². The summed E-state index contributed by atoms with van der Waals surface area (Å²) in [4.78, 5) is 38.0. The van der Waals surface area contributed by atoms with Gasteiger partial charge in [-0.2, -0.15) is 0 Å². The Labute approximate surface area is 448 Å². The molecule has 0 radical (unpaired) electrons. The first kappa shape index (κ1) is 69.6. The third-order valence-electron chi connectivity index (χ3n) is 14.4. The van der Waals surface area contributed by atoms with Gasteiger partial charge in [0.15, 0.2) is 6.10 Å². The van der Waals surface area contributed by atoms with E-state index in [0.29, 0.717) is 19.3 Å². The van der Waals surface area contributed by atoms with Crippen LogP contribution in [0.25, 0.3) is 0 Å². The lowest BCUT2D eigenvalue weighted by Gasteiger charge is -2.18. The molecule has 0 heterocycles. The molecule has 1 unspecified atom stereocenters. The van der Waals surface area contributed by atoms with Crippen LogP contribution in [0.4, 0.5) is 0 Å². The maximum atomic E-state index is 12.8. The largest absolute Gasteiger partial charge is 0.462 e. The second kappa shape index (κ2) is 61.2. The standard InChI is InChI=1S/C66H122O6/c1-4-7-10-13-16-18-20-22-24-26-28-29-30-31-32-33-34-35-36-37-38-40-41-43-45-47-50-53-56-59-65(68)71-62-63(61-70-64(67)58-55-52-49-15-12-9-6-3)72-66(69)60-57-54-51-48-46-44-42-39-27-25-23-21-19-17-14-11-8-5-2/h19,21,25-28,63H,4-18,20,22-24,29-62H2,1-3H3/b21-19-,27-25-,28-26-. The van der Waals surface area contributed by atoms with E-state index in [1.54, 1.807) is 0 Å². The summed E-state index contributed by atoms with van der Waals surface area (Å²) in [5.74, 6) is -0.867. The van der Waals surface area contributed by atoms with Gasteiger partial charge >= 0.3 is 17.9 Å². The third kappa shape index (κ3) is 58.5. The highest BCUT2D eigenvalue weighted by molar-refractivity contribution is 5.71. The molecular formula is C66H122O6. The summed E-state index contributed by atoms with van der Waals surface area (Å²) in [6.45, 7) is 6.62. The fourth-order valence-electron chi connectivity index (χ4n) is 9.53. The van der Waals surface area contributed by atoms with E-state index >= 15 is 0 Å². The molecule has 0 aromatic carbocycles. The summed E-state index contributed by atoms with van der Waals surface area (Å²) >= 11 is 0. The monoisotopic (exact) mass is 1010 g/mol. The van der Waals surface area contributed by atoms with Crippen LogP contribution in [-0.4, -0.2) is 37.2 Å². The maximum Gasteiger partial charge on any atom is 0.306 e. The molecule has 6 nitrogen and oxygen atoms in total. The van der Waals surface area contributed by atoms with Gasteiger partial charge in [0.1, 0.15) is 13.2 Å². The zero-order valence-electron chi connectivity index (χ0n) is 48.5. The Hall–Kier alpha value is -2.37. The van der Waals surface area contributed by atoms with Crippen molar-refractivity contribution in [3.05, 3.63) is 36.5 Å². The topological polar surface area (TPSA) is 78.9 Å². The number of unbranched alkanes of at least 4 members (excludes halogenated alkanes) is 42. The summed E-state index contributed by atoms with van der Waals surface area (Å²) in [6.07, 6.45) is 74.7. The summed E-state index contributed by atoms with van der Waals surface area (Å²) in [5, 5.41) is 0. The molecule has 0 rings (SSSR count). The predicted molar refractivity (Wildman–Crippen MR) is 312 cm³/mol. The number of carbonyl (C=O) groups excluding carboxylic acids is 3. The van der Waals surface area contributed by atoms with Gasteiger partial charge in [0.2, 0.25) is 0 Å². The lowest BCUT2D eigenvalue weighted by atomic mass is 10.0. The number of esters is 3. The first-order chi connectivity index (χ1) is 35.5. The molecule has 0 saturated heterocycles. The fourth-order valence-corrected chi connectivity index (χ4v) is 9.53. The molecule has 0 amide bonds. The Kier molecular flexibility index (Phi) is 59.2. The Bertz CT molecular complexity index is 1210. The van der Waals surface area contributed by atoms with E-state index in [1.807, 2.05) is 0 Å². The Morgan fingerprint density at radius 1 is 0.278 bits per heavy atom. The molecule has 0 N–H and O–H groups in total. The predicted octanol–water partition coefficient (Wildman–Crippen LogP) is 21.6. The van der Waals surface area contributed by atoms with Gasteiger partial charge in [-0.25, -0.2) is 0 Å². The number of allylic oxidation sites excluding steroid dienone is 6. The lowest BCUT2D eigenvalue weighted by Crippen LogP contribution is -2.30. The summed E-state index contributed by atoms with van der Waals surface area (Å²) < 4.78 is 16.8. The van der Waals surface area contributed by atoms with E-state index in [0.717, 1.165) is 70.6 Å². The van der Waals surface area contributed by atoms with Crippen LogP contribution in [0.3, 0.4) is 0 Å². The first-order valence-corrected chi connectivity index (χ1v) is 32.0. The zero-order chi connectivity index (χ0) is 52.2. The Balaban J connectivity index is 4.04. The first-order valence-electron chi connectivity index (χ1n) is 32.0. The van der Waals surface area contributed by atoms with E-state index in [2.05, 4.69) is 57.2 Å². The molecule has 72 heavy (non-hydrogen) atoms. The van der Waals surface area contributed by atoms with Crippen LogP contribution >= 0.6 is 0 Å². The molecule has 0 bridgehead atoms. The molecule has 0 aliphatic carbocycles. The van der Waals surface area contributed by atoms with E-state index in [-0.39, 0.29) is 31.1 Å². The van der Waals surface area contributed by atoms with Crippen molar-refractivity contribution in [2.45, 2.75) is 354 Å². The van der Waals surface area contributed by atoms with Crippen LogP contribution in [0.15, 0.2) is 36.5 Å². The van der Waals surface area contributed by atoms with E-state index in [4.69, 9.17) is 14.2 Å². The Morgan fingerprint density at radius 3 is 0.792 bits per heavy atom. The number of hydrogen-bond acceptors (Lipinski definition) is 6. The summed E-state index contributed by atoms with van der Waals surface area (Å²) in [7, 11) is 0. The third-order valence-corrected chi connectivity index (χ3v) is 14.4. The highest BCUT2D eigenvalue weighted by Crippen LogP contribution is 2.17. The van der Waals surface area contributed by atoms with Crippen LogP contribution in [-0.2, 0) is 28.6 Å². The van der Waals surface area contributed by atoms with Crippen molar-refractivity contribution >= 4 is 17.9 Å². The average Bonchev–Trinajstić information content (AvgIpc) is 3.38. The van der Waals surface area contributed by atoms with Gasteiger partial charge in [0.25, 0.3) is 0 Å². The van der Waals surface area contributed by atoms with Crippen molar-refractivity contribution in [2.24, 2.45) is 0 Å². The molecule has 0 aliphatic heterocycles. The summed E-state index contributed by atoms with van der Waals surface area (Å²) in [6, 6.07) is 0. The van der Waals surface area contributed by atoms with Crippen molar-refractivity contribution in [2.75, 3.05) is 13.2 Å². The van der Waals surface area contributed by atoms with Gasteiger partial charge in [-0.1, -0.05) is 288 Å². The van der Waals surface area contributed by atoms with Gasteiger partial charge in [-0.05, 0) is 77.0 Å². The average molecular weight is 1010 g/mol. The molecule has 0 aliphatic rings. The number of rotatable bonds is 59. The lowest BCUT2D eigenvalue weighted by molar-refractivity contribution is -0.167. The van der Waals surface area contributed by atoms with Gasteiger partial charge in [-0.3, -0.25) is 14.4 Å². The fraction of sp³-hybridized carbons (Fsp3) is 0.864. The van der Waals surface area contributed by atoms with Crippen LogP contribution < -0.4 is 0 Å². The number of carbonyl (C=O) groups is 3. The molecule has 422 valence electrons. The molecule has 1 atom stereocenters. The van der Waals surface area contributed by atoms with Crippen LogP contribution in [0.2, 0.25) is 0 Å². The highest BCUT2D eigenvalue weighted by atomic mass is 16.6. The van der Waals surface area contributed by atoms with Crippen LogP contribution in [0.1, 0.15) is 348 Å². The van der Waals surface area contributed by atoms with Crippen molar-refractivity contribution in [3.8, 4) is 0 Å². The van der Waals surface area contributed by atoms with Crippen molar-refractivity contribution in [3.63, 3.8) is 0 Å². The Morgan fingerprint density at radius 2 is 0.500 bits per heavy atom. The molecule has 0 fully saturated rings. The van der Waals surface area contributed by atoms with Crippen LogP contribution in [0.5, 0.6) is 0 Å². The minimum atomic E-state index is -0.771. The van der Waals surface area contributed by atoms with Crippen molar-refractivity contribution in [1.82, 2.24) is 0 Å². The molecule has 0 aromatic rings. The van der Waals surface area contributed by atoms with E-state index in [9.17, 15) is 14.4 Å². The highest BCUT2D eigenvalue weighted by Gasteiger charge is 2.19. The maximum absolute atomic E-state index is 12.8. The molecule has 0 spiro atoms. The van der Waals surface area contributed by atoms with E-state index < -0.39 is 6.10 Å². The molecule has 6 heteroatoms. The minimum Gasteiger partial charge on any atom is -0.462 e. The molecular weight excluding hydrogens is 889 g/mol. The second-order valence-electron chi connectivity index (χ2n) is 21.7. The SMILES string of the molecule is CCCCCC/C=C\C/C=C\CCCCCCCCCC(=O)OC(COC(=O)CCCCCCCCC)COC(=O)CCCCCCCCCCCCCCCCCCC/C=C\CCCCCCCCCC. The number of ether oxygens (including phenoxy) is 3. The second-order valence-corrected chi connectivity index (χ2v) is 21.7. The zero-order valence-corrected chi connectivity index (χ0v) is 48.5. The van der Waals surface area contributed by atoms with Gasteiger partial charge in [0.05, 0.1) is 0 Å². The quantitative estimate of drug-likeness (QED) is 0.0261. The van der Waals surface area contributed by atoms with Gasteiger partial charge in [0, 0.05) is 19.3 Å². The smallest absolute Gasteiger partial charge is 0.306 e. The molecule has 0 saturated carbocycles. The summed E-state index contributed by atoms with van der Waals surface area (Å²) in [5.41, 5.74) is 0.